The van der Waals surface area contributed by atoms with E-state index in [1.807, 2.05) is 36.5 Å². The lowest BCUT2D eigenvalue weighted by Crippen LogP contribution is -1.96. The maximum Gasteiger partial charge on any atom is 0.160 e. The molecule has 0 spiro atoms. The molecule has 0 saturated heterocycles. The van der Waals surface area contributed by atoms with E-state index >= 15 is 0 Å². The second kappa shape index (κ2) is 11.9. The molecule has 5 heteroatoms. The minimum atomic E-state index is 0.674. The van der Waals surface area contributed by atoms with Gasteiger partial charge in [-0.15, -0.1) is 0 Å². The molecule has 7 aromatic carbocycles. The SMILES string of the molecule is c1ccc(-c2cc(-c3cccnc3)nc(-c3ccc4c(c3)c3cc(-c5cc6c7ccccc7n7c8ccccc8c(c5)c67)ccc3n4-c3ccccc3)n2)cc1. The molecule has 0 aliphatic carbocycles. The van der Waals surface area contributed by atoms with Crippen LogP contribution in [0.15, 0.2) is 188 Å². The molecule has 12 rings (SSSR count). The zero-order chi connectivity index (χ0) is 36.7. The van der Waals surface area contributed by atoms with Gasteiger partial charge in [0.2, 0.25) is 0 Å². The maximum absolute atomic E-state index is 5.17. The lowest BCUT2D eigenvalue weighted by Gasteiger charge is -2.10. The summed E-state index contributed by atoms with van der Waals surface area (Å²) < 4.78 is 4.80. The van der Waals surface area contributed by atoms with Crippen LogP contribution in [0.25, 0.3) is 111 Å². The van der Waals surface area contributed by atoms with Crippen LogP contribution in [0.4, 0.5) is 0 Å². The Labute approximate surface area is 321 Å². The summed E-state index contributed by atoms with van der Waals surface area (Å²) >= 11 is 0. The summed E-state index contributed by atoms with van der Waals surface area (Å²) in [6.07, 6.45) is 3.65. The first kappa shape index (κ1) is 30.8. The molecule has 0 aliphatic heterocycles. The van der Waals surface area contributed by atoms with Crippen LogP contribution in [-0.2, 0) is 0 Å². The van der Waals surface area contributed by atoms with E-state index in [4.69, 9.17) is 9.97 Å². The minimum absolute atomic E-state index is 0.674. The highest BCUT2D eigenvalue weighted by molar-refractivity contribution is 6.24. The third kappa shape index (κ3) is 4.58. The topological polar surface area (TPSA) is 48.0 Å². The van der Waals surface area contributed by atoms with Gasteiger partial charge in [0.05, 0.1) is 39.0 Å². The first-order valence-electron chi connectivity index (χ1n) is 18.9. The Morgan fingerprint density at radius 2 is 0.911 bits per heavy atom. The molecule has 0 amide bonds. The van der Waals surface area contributed by atoms with E-state index in [1.165, 1.54) is 54.6 Å². The van der Waals surface area contributed by atoms with Crippen molar-refractivity contribution in [1.29, 1.82) is 0 Å². The number of benzene rings is 7. The van der Waals surface area contributed by atoms with E-state index in [2.05, 4.69) is 160 Å². The van der Waals surface area contributed by atoms with Gasteiger partial charge in [-0.3, -0.25) is 4.98 Å². The van der Waals surface area contributed by atoms with Crippen LogP contribution in [0.1, 0.15) is 0 Å². The molecule has 0 radical (unpaired) electrons. The molecule has 0 fully saturated rings. The molecule has 0 aliphatic rings. The molecule has 0 saturated carbocycles. The number of rotatable bonds is 5. The van der Waals surface area contributed by atoms with Gasteiger partial charge in [0, 0.05) is 67.1 Å². The second-order valence-electron chi connectivity index (χ2n) is 14.5. The van der Waals surface area contributed by atoms with Gasteiger partial charge in [-0.05, 0) is 96.1 Å². The van der Waals surface area contributed by atoms with E-state index in [0.29, 0.717) is 5.82 Å². The standard InChI is InChI=1S/C51H31N5/c1-3-12-32(13-4-1)44-30-45(35-14-11-25-52-31-35)54-51(53-44)34-22-24-49-41(27-34)40-26-33(21-23-48(40)55(49)37-15-5-2-6-16-37)36-28-42-38-17-7-9-19-46(38)56-47-20-10-8-18-39(47)43(29-36)50(42)56/h1-31H. The van der Waals surface area contributed by atoms with Gasteiger partial charge in [-0.2, -0.15) is 0 Å². The van der Waals surface area contributed by atoms with Crippen molar-refractivity contribution in [3.05, 3.63) is 188 Å². The van der Waals surface area contributed by atoms with Crippen molar-refractivity contribution in [2.45, 2.75) is 0 Å². The fourth-order valence-electron chi connectivity index (χ4n) is 8.81. The van der Waals surface area contributed by atoms with E-state index in [-0.39, 0.29) is 0 Å². The highest BCUT2D eigenvalue weighted by atomic mass is 15.0. The predicted octanol–water partition coefficient (Wildman–Crippen LogP) is 12.8. The van der Waals surface area contributed by atoms with Gasteiger partial charge in [0.25, 0.3) is 0 Å². The van der Waals surface area contributed by atoms with Gasteiger partial charge in [0.15, 0.2) is 5.82 Å². The average molecular weight is 714 g/mol. The van der Waals surface area contributed by atoms with Gasteiger partial charge in [0.1, 0.15) is 0 Å². The molecule has 0 unspecified atom stereocenters. The summed E-state index contributed by atoms with van der Waals surface area (Å²) in [6, 6.07) is 62.9. The summed E-state index contributed by atoms with van der Waals surface area (Å²) in [6.45, 7) is 0. The van der Waals surface area contributed by atoms with Crippen molar-refractivity contribution in [2.24, 2.45) is 0 Å². The van der Waals surface area contributed by atoms with Crippen molar-refractivity contribution in [3.63, 3.8) is 0 Å². The third-order valence-electron chi connectivity index (χ3n) is 11.3. The third-order valence-corrected chi connectivity index (χ3v) is 11.3. The first-order chi connectivity index (χ1) is 27.8. The normalized spacial score (nSPS) is 11.9. The fourth-order valence-corrected chi connectivity index (χ4v) is 8.81. The van der Waals surface area contributed by atoms with Crippen LogP contribution in [0.3, 0.4) is 0 Å². The van der Waals surface area contributed by atoms with Crippen molar-refractivity contribution < 1.29 is 0 Å². The van der Waals surface area contributed by atoms with Crippen molar-refractivity contribution in [3.8, 4) is 50.7 Å². The van der Waals surface area contributed by atoms with E-state index < -0.39 is 0 Å². The zero-order valence-electron chi connectivity index (χ0n) is 30.1. The average Bonchev–Trinajstić information content (AvgIpc) is 3.91. The Bertz CT molecular complexity index is 3310. The van der Waals surface area contributed by atoms with Crippen LogP contribution in [0.2, 0.25) is 0 Å². The number of fused-ring (bicyclic) bond motifs is 9. The van der Waals surface area contributed by atoms with Gasteiger partial charge < -0.3 is 8.97 Å². The van der Waals surface area contributed by atoms with Gasteiger partial charge in [-0.25, -0.2) is 9.97 Å². The molecule has 12 aromatic rings. The summed E-state index contributed by atoms with van der Waals surface area (Å²) in [4.78, 5) is 14.7. The molecule has 5 nitrogen and oxygen atoms in total. The lowest BCUT2D eigenvalue weighted by atomic mass is 9.98. The Hall–Kier alpha value is -7.63. The number of para-hydroxylation sites is 3. The Kier molecular flexibility index (Phi) is 6.56. The molecule has 0 bridgehead atoms. The smallest absolute Gasteiger partial charge is 0.160 e. The van der Waals surface area contributed by atoms with E-state index in [0.717, 1.165) is 50.2 Å². The van der Waals surface area contributed by atoms with Crippen LogP contribution in [-0.4, -0.2) is 23.9 Å². The summed E-state index contributed by atoms with van der Waals surface area (Å²) in [5.41, 5.74) is 14.2. The molecule has 0 N–H and O–H groups in total. The highest BCUT2D eigenvalue weighted by Crippen LogP contribution is 2.43. The fraction of sp³-hybridized carbons (Fsp3) is 0. The first-order valence-corrected chi connectivity index (χ1v) is 18.9. The minimum Gasteiger partial charge on any atom is -0.309 e. The summed E-state index contributed by atoms with van der Waals surface area (Å²) in [7, 11) is 0. The number of nitrogens with zero attached hydrogens (tertiary/aromatic N) is 5. The largest absolute Gasteiger partial charge is 0.309 e. The molecule has 260 valence electrons. The maximum atomic E-state index is 5.17. The van der Waals surface area contributed by atoms with Crippen LogP contribution < -0.4 is 0 Å². The van der Waals surface area contributed by atoms with Crippen LogP contribution in [0.5, 0.6) is 0 Å². The number of pyridine rings is 1. The molecular formula is C51H31N5. The highest BCUT2D eigenvalue weighted by Gasteiger charge is 2.20. The summed E-state index contributed by atoms with van der Waals surface area (Å²) in [5.74, 6) is 0.674. The Morgan fingerprint density at radius 1 is 0.357 bits per heavy atom. The molecule has 0 atom stereocenters. The Morgan fingerprint density at radius 3 is 1.57 bits per heavy atom. The Balaban J connectivity index is 1.11. The number of hydrogen-bond acceptors (Lipinski definition) is 3. The number of hydrogen-bond donors (Lipinski definition) is 0. The summed E-state index contributed by atoms with van der Waals surface area (Å²) in [5, 5.41) is 7.42. The second-order valence-corrected chi connectivity index (χ2v) is 14.5. The van der Waals surface area contributed by atoms with Crippen molar-refractivity contribution in [1.82, 2.24) is 23.9 Å². The molecular weight excluding hydrogens is 683 g/mol. The molecule has 5 heterocycles. The zero-order valence-corrected chi connectivity index (χ0v) is 30.1. The van der Waals surface area contributed by atoms with Gasteiger partial charge >= 0.3 is 0 Å². The monoisotopic (exact) mass is 713 g/mol. The molecule has 5 aromatic heterocycles. The quantitative estimate of drug-likeness (QED) is 0.178. The van der Waals surface area contributed by atoms with Crippen molar-refractivity contribution >= 4 is 59.9 Å². The van der Waals surface area contributed by atoms with Crippen molar-refractivity contribution in [2.75, 3.05) is 0 Å². The number of aromatic nitrogens is 5. The van der Waals surface area contributed by atoms with E-state index in [1.54, 1.807) is 6.20 Å². The van der Waals surface area contributed by atoms with Crippen LogP contribution >= 0.6 is 0 Å². The lowest BCUT2D eigenvalue weighted by molar-refractivity contribution is 1.17. The van der Waals surface area contributed by atoms with E-state index in [9.17, 15) is 0 Å². The predicted molar refractivity (Wildman–Crippen MR) is 231 cm³/mol. The van der Waals surface area contributed by atoms with Gasteiger partial charge in [-0.1, -0.05) is 91.0 Å². The molecule has 56 heavy (non-hydrogen) atoms. The van der Waals surface area contributed by atoms with Crippen LogP contribution in [0, 0.1) is 0 Å².